The van der Waals surface area contributed by atoms with Gasteiger partial charge in [-0.1, -0.05) is 13.8 Å². The van der Waals surface area contributed by atoms with Gasteiger partial charge in [-0.15, -0.1) is 0 Å². The molecule has 2 N–H and O–H groups in total. The van der Waals surface area contributed by atoms with Crippen LogP contribution in [0.3, 0.4) is 0 Å². The van der Waals surface area contributed by atoms with E-state index < -0.39 is 5.41 Å². The topological polar surface area (TPSA) is 93.2 Å². The second kappa shape index (κ2) is 6.95. The van der Waals surface area contributed by atoms with Crippen LogP contribution in [0.5, 0.6) is 0 Å². The Morgan fingerprint density at radius 2 is 1.88 bits per heavy atom. The van der Waals surface area contributed by atoms with Gasteiger partial charge in [0.25, 0.3) is 0 Å². The standard InChI is InChI=1S/C17H27N7O/c1-4-17(5-2,11-18)16(25)24-8-6-23(7-9-24)15-13-10-21-22(3)14(13)19-12-20-15/h10,12H,4-9,11,18H2,1-3H3. The Hall–Kier alpha value is -2.22. The quantitative estimate of drug-likeness (QED) is 0.861. The monoisotopic (exact) mass is 345 g/mol. The number of carbonyl (C=O) groups excluding carboxylic acids is 1. The number of rotatable bonds is 5. The van der Waals surface area contributed by atoms with Crippen molar-refractivity contribution in [2.24, 2.45) is 18.2 Å². The van der Waals surface area contributed by atoms with Gasteiger partial charge in [0, 0.05) is 39.8 Å². The van der Waals surface area contributed by atoms with Crippen molar-refractivity contribution < 1.29 is 4.79 Å². The van der Waals surface area contributed by atoms with Crippen molar-refractivity contribution in [1.29, 1.82) is 0 Å². The highest BCUT2D eigenvalue weighted by molar-refractivity contribution is 5.87. The largest absolute Gasteiger partial charge is 0.352 e. The Balaban J connectivity index is 1.74. The summed E-state index contributed by atoms with van der Waals surface area (Å²) in [5, 5.41) is 5.22. The third kappa shape index (κ3) is 2.95. The van der Waals surface area contributed by atoms with Crippen LogP contribution in [0.25, 0.3) is 11.0 Å². The maximum absolute atomic E-state index is 13.0. The first-order valence-corrected chi connectivity index (χ1v) is 8.93. The Morgan fingerprint density at radius 3 is 2.48 bits per heavy atom. The van der Waals surface area contributed by atoms with E-state index in [1.54, 1.807) is 17.2 Å². The number of nitrogens with zero attached hydrogens (tertiary/aromatic N) is 6. The van der Waals surface area contributed by atoms with Crippen molar-refractivity contribution in [3.8, 4) is 0 Å². The molecule has 0 saturated carbocycles. The van der Waals surface area contributed by atoms with Crippen molar-refractivity contribution in [1.82, 2.24) is 24.6 Å². The fourth-order valence-electron chi connectivity index (χ4n) is 3.59. The van der Waals surface area contributed by atoms with E-state index in [-0.39, 0.29) is 5.91 Å². The smallest absolute Gasteiger partial charge is 0.230 e. The van der Waals surface area contributed by atoms with Crippen molar-refractivity contribution in [2.45, 2.75) is 26.7 Å². The fraction of sp³-hybridized carbons (Fsp3) is 0.647. The van der Waals surface area contributed by atoms with Crippen molar-refractivity contribution in [3.63, 3.8) is 0 Å². The lowest BCUT2D eigenvalue weighted by atomic mass is 9.81. The molecule has 25 heavy (non-hydrogen) atoms. The predicted molar refractivity (Wildman–Crippen MR) is 97.2 cm³/mol. The van der Waals surface area contributed by atoms with E-state index in [2.05, 4.69) is 20.0 Å². The highest BCUT2D eigenvalue weighted by Gasteiger charge is 2.38. The molecular weight excluding hydrogens is 318 g/mol. The molecule has 0 aliphatic carbocycles. The molecule has 1 aliphatic heterocycles. The molecule has 8 nitrogen and oxygen atoms in total. The Labute approximate surface area is 148 Å². The number of amides is 1. The zero-order chi connectivity index (χ0) is 18.0. The number of piperazine rings is 1. The predicted octanol–water partition coefficient (Wildman–Crippen LogP) is 0.777. The summed E-state index contributed by atoms with van der Waals surface area (Å²) in [5.74, 6) is 1.08. The minimum atomic E-state index is -0.423. The summed E-state index contributed by atoms with van der Waals surface area (Å²) in [6.45, 7) is 7.37. The van der Waals surface area contributed by atoms with Gasteiger partial charge < -0.3 is 15.5 Å². The molecule has 0 atom stereocenters. The van der Waals surface area contributed by atoms with Gasteiger partial charge in [0.15, 0.2) is 5.65 Å². The Kier molecular flexibility index (Phi) is 4.89. The first-order valence-electron chi connectivity index (χ1n) is 8.93. The third-order valence-electron chi connectivity index (χ3n) is 5.57. The molecule has 0 unspecified atom stereocenters. The molecule has 2 aromatic rings. The molecule has 8 heteroatoms. The van der Waals surface area contributed by atoms with E-state index in [0.29, 0.717) is 19.6 Å². The molecule has 0 spiro atoms. The van der Waals surface area contributed by atoms with Crippen LogP contribution in [0.4, 0.5) is 5.82 Å². The molecule has 2 aromatic heterocycles. The lowest BCUT2D eigenvalue weighted by Gasteiger charge is -2.40. The molecule has 3 rings (SSSR count). The van der Waals surface area contributed by atoms with Gasteiger partial charge in [-0.25, -0.2) is 9.97 Å². The van der Waals surface area contributed by atoms with Crippen LogP contribution in [0.15, 0.2) is 12.5 Å². The number of nitrogens with two attached hydrogens (primary N) is 1. The van der Waals surface area contributed by atoms with Crippen molar-refractivity contribution in [2.75, 3.05) is 37.6 Å². The van der Waals surface area contributed by atoms with Crippen LogP contribution in [-0.2, 0) is 11.8 Å². The Morgan fingerprint density at radius 1 is 1.20 bits per heavy atom. The SMILES string of the molecule is CCC(CC)(CN)C(=O)N1CCN(c2ncnc3c2cnn3C)CC1. The van der Waals surface area contributed by atoms with Gasteiger partial charge in [-0.2, -0.15) is 5.10 Å². The van der Waals surface area contributed by atoms with E-state index >= 15 is 0 Å². The van der Waals surface area contributed by atoms with Crippen LogP contribution in [-0.4, -0.2) is 63.3 Å². The van der Waals surface area contributed by atoms with E-state index in [0.717, 1.165) is 42.8 Å². The first kappa shape index (κ1) is 17.6. The van der Waals surface area contributed by atoms with Crippen LogP contribution in [0, 0.1) is 5.41 Å². The van der Waals surface area contributed by atoms with Gasteiger partial charge in [-0.3, -0.25) is 9.48 Å². The molecule has 1 saturated heterocycles. The average molecular weight is 345 g/mol. The molecule has 1 fully saturated rings. The number of carbonyl (C=O) groups is 1. The highest BCUT2D eigenvalue weighted by Crippen LogP contribution is 2.29. The molecule has 0 bridgehead atoms. The van der Waals surface area contributed by atoms with Crippen LogP contribution in [0.1, 0.15) is 26.7 Å². The van der Waals surface area contributed by atoms with Gasteiger partial charge in [0.1, 0.15) is 12.1 Å². The van der Waals surface area contributed by atoms with Gasteiger partial charge in [0.05, 0.1) is 17.0 Å². The lowest BCUT2D eigenvalue weighted by Crippen LogP contribution is -2.55. The minimum absolute atomic E-state index is 0.189. The van der Waals surface area contributed by atoms with E-state index in [1.165, 1.54) is 0 Å². The normalized spacial score (nSPS) is 15.8. The lowest BCUT2D eigenvalue weighted by molar-refractivity contribution is -0.142. The molecule has 136 valence electrons. The van der Waals surface area contributed by atoms with Crippen molar-refractivity contribution >= 4 is 22.8 Å². The molecule has 1 amide bonds. The van der Waals surface area contributed by atoms with Gasteiger partial charge >= 0.3 is 0 Å². The summed E-state index contributed by atoms with van der Waals surface area (Å²) in [4.78, 5) is 25.9. The van der Waals surface area contributed by atoms with Crippen molar-refractivity contribution in [3.05, 3.63) is 12.5 Å². The first-order chi connectivity index (χ1) is 12.1. The second-order valence-electron chi connectivity index (χ2n) is 6.67. The highest BCUT2D eigenvalue weighted by atomic mass is 16.2. The fourth-order valence-corrected chi connectivity index (χ4v) is 3.59. The number of aromatic nitrogens is 4. The number of hydrogen-bond acceptors (Lipinski definition) is 6. The summed E-state index contributed by atoms with van der Waals surface area (Å²) in [6.07, 6.45) is 4.93. The maximum Gasteiger partial charge on any atom is 0.230 e. The van der Waals surface area contributed by atoms with E-state index in [9.17, 15) is 4.79 Å². The molecule has 0 aromatic carbocycles. The maximum atomic E-state index is 13.0. The Bertz CT molecular complexity index is 736. The molecular formula is C17H27N7O. The number of aryl methyl sites for hydroxylation is 1. The third-order valence-corrected chi connectivity index (χ3v) is 5.57. The van der Waals surface area contributed by atoms with E-state index in [1.807, 2.05) is 25.8 Å². The van der Waals surface area contributed by atoms with Crippen LogP contribution in [0.2, 0.25) is 0 Å². The summed E-state index contributed by atoms with van der Waals surface area (Å²) in [6, 6.07) is 0. The summed E-state index contributed by atoms with van der Waals surface area (Å²) in [7, 11) is 1.87. The summed E-state index contributed by atoms with van der Waals surface area (Å²) in [5.41, 5.74) is 6.33. The average Bonchev–Trinajstić information content (AvgIpc) is 3.05. The minimum Gasteiger partial charge on any atom is -0.352 e. The molecule has 1 aliphatic rings. The number of fused-ring (bicyclic) bond motifs is 1. The van der Waals surface area contributed by atoms with Gasteiger partial charge in [-0.05, 0) is 12.8 Å². The van der Waals surface area contributed by atoms with Crippen LogP contribution >= 0.6 is 0 Å². The zero-order valence-electron chi connectivity index (χ0n) is 15.3. The van der Waals surface area contributed by atoms with E-state index in [4.69, 9.17) is 5.73 Å². The summed E-state index contributed by atoms with van der Waals surface area (Å²) < 4.78 is 1.75. The van der Waals surface area contributed by atoms with Gasteiger partial charge in [0.2, 0.25) is 5.91 Å². The summed E-state index contributed by atoms with van der Waals surface area (Å²) >= 11 is 0. The second-order valence-corrected chi connectivity index (χ2v) is 6.67. The number of anilines is 1. The number of hydrogen-bond donors (Lipinski definition) is 1. The molecule has 3 heterocycles. The van der Waals surface area contributed by atoms with Crippen LogP contribution < -0.4 is 10.6 Å². The molecule has 0 radical (unpaired) electrons. The zero-order valence-corrected chi connectivity index (χ0v) is 15.3.